The zero-order valence-electron chi connectivity index (χ0n) is 9.98. The van der Waals surface area contributed by atoms with Crippen LogP contribution in [0.25, 0.3) is 0 Å². The molecule has 2 saturated carbocycles. The number of carboxylic acid groups (broad SMARTS) is 1. The van der Waals surface area contributed by atoms with Crippen molar-refractivity contribution in [2.45, 2.75) is 49.9 Å². The van der Waals surface area contributed by atoms with E-state index in [1.54, 1.807) is 0 Å². The van der Waals surface area contributed by atoms with Crippen LogP contribution in [0.5, 0.6) is 0 Å². The summed E-state index contributed by atoms with van der Waals surface area (Å²) in [5.41, 5.74) is 1.86. The first kappa shape index (κ1) is 10.8. The molecule has 0 heterocycles. The second-order valence-corrected chi connectivity index (χ2v) is 5.46. The number of aliphatic carboxylic acids is 1. The molecule has 0 aromatic heterocycles. The van der Waals surface area contributed by atoms with Crippen LogP contribution < -0.4 is 0 Å². The van der Waals surface area contributed by atoms with E-state index in [0.717, 1.165) is 18.4 Å². The minimum absolute atomic E-state index is 0.542. The molecule has 0 saturated heterocycles. The third-order valence-corrected chi connectivity index (χ3v) is 4.43. The van der Waals surface area contributed by atoms with E-state index in [2.05, 4.69) is 12.1 Å². The van der Waals surface area contributed by atoms with Gasteiger partial charge in [0.1, 0.15) is 0 Å². The van der Waals surface area contributed by atoms with Crippen LogP contribution in [-0.2, 0) is 10.2 Å². The summed E-state index contributed by atoms with van der Waals surface area (Å²) < 4.78 is 0. The summed E-state index contributed by atoms with van der Waals surface area (Å²) >= 11 is 0. The van der Waals surface area contributed by atoms with Gasteiger partial charge < -0.3 is 5.11 Å². The average Bonchev–Trinajstić information content (AvgIpc) is 2.98. The maximum Gasteiger partial charge on any atom is 0.314 e. The highest BCUT2D eigenvalue weighted by atomic mass is 16.4. The molecule has 90 valence electrons. The van der Waals surface area contributed by atoms with E-state index in [1.165, 1.54) is 31.2 Å². The van der Waals surface area contributed by atoms with E-state index in [4.69, 9.17) is 0 Å². The molecule has 3 rings (SSSR count). The summed E-state index contributed by atoms with van der Waals surface area (Å²) in [6.45, 7) is 0. The molecular formula is C15H18O2. The lowest BCUT2D eigenvalue weighted by Crippen LogP contribution is -2.21. The third-order valence-electron chi connectivity index (χ3n) is 4.43. The molecule has 1 aromatic rings. The van der Waals surface area contributed by atoms with Gasteiger partial charge >= 0.3 is 5.97 Å². The van der Waals surface area contributed by atoms with Crippen molar-refractivity contribution in [3.63, 3.8) is 0 Å². The van der Waals surface area contributed by atoms with Crippen molar-refractivity contribution in [1.29, 1.82) is 0 Å². The molecule has 0 bridgehead atoms. The maximum atomic E-state index is 11.5. The highest BCUT2D eigenvalue weighted by molar-refractivity contribution is 5.85. The quantitative estimate of drug-likeness (QED) is 0.863. The number of rotatable bonds is 3. The maximum absolute atomic E-state index is 11.5. The van der Waals surface area contributed by atoms with Gasteiger partial charge in [0, 0.05) is 0 Å². The molecule has 2 heteroatoms. The summed E-state index contributed by atoms with van der Waals surface area (Å²) in [6, 6.07) is 8.22. The van der Waals surface area contributed by atoms with E-state index in [0.29, 0.717) is 5.92 Å². The Bertz CT molecular complexity index is 440. The molecule has 0 radical (unpaired) electrons. The minimum Gasteiger partial charge on any atom is -0.481 e. The van der Waals surface area contributed by atoms with Crippen molar-refractivity contribution in [1.82, 2.24) is 0 Å². The Balaban J connectivity index is 2.02. The molecule has 0 atom stereocenters. The molecule has 1 N–H and O–H groups in total. The lowest BCUT2D eigenvalue weighted by molar-refractivity contribution is -0.140. The van der Waals surface area contributed by atoms with Crippen LogP contribution in [0.4, 0.5) is 0 Å². The van der Waals surface area contributed by atoms with Crippen molar-refractivity contribution >= 4 is 5.97 Å². The highest BCUT2D eigenvalue weighted by Gasteiger charge is 2.53. The van der Waals surface area contributed by atoms with E-state index in [-0.39, 0.29) is 0 Å². The molecular weight excluding hydrogens is 212 g/mol. The molecule has 2 aliphatic rings. The lowest BCUT2D eigenvalue weighted by Gasteiger charge is -2.19. The summed E-state index contributed by atoms with van der Waals surface area (Å²) in [5, 5.41) is 9.42. The molecule has 2 nitrogen and oxygen atoms in total. The van der Waals surface area contributed by atoms with Gasteiger partial charge in [0.05, 0.1) is 5.41 Å². The van der Waals surface area contributed by atoms with Gasteiger partial charge in [0.25, 0.3) is 0 Å². The van der Waals surface area contributed by atoms with E-state index in [1.807, 2.05) is 12.1 Å². The molecule has 0 aliphatic heterocycles. The van der Waals surface area contributed by atoms with Crippen LogP contribution in [0.15, 0.2) is 24.3 Å². The fourth-order valence-electron chi connectivity index (χ4n) is 3.25. The largest absolute Gasteiger partial charge is 0.481 e. The third kappa shape index (κ3) is 1.67. The number of hydrogen-bond donors (Lipinski definition) is 1. The molecule has 0 spiro atoms. The van der Waals surface area contributed by atoms with Gasteiger partial charge in [-0.1, -0.05) is 37.1 Å². The fraction of sp³-hybridized carbons (Fsp3) is 0.533. The van der Waals surface area contributed by atoms with Crippen molar-refractivity contribution in [2.75, 3.05) is 0 Å². The predicted molar refractivity (Wildman–Crippen MR) is 66.2 cm³/mol. The van der Waals surface area contributed by atoms with Crippen LogP contribution >= 0.6 is 0 Å². The molecule has 17 heavy (non-hydrogen) atoms. The van der Waals surface area contributed by atoms with E-state index in [9.17, 15) is 9.90 Å². The Hall–Kier alpha value is -1.31. The normalized spacial score (nSPS) is 22.6. The molecule has 0 amide bonds. The van der Waals surface area contributed by atoms with Crippen molar-refractivity contribution in [2.24, 2.45) is 0 Å². The second-order valence-electron chi connectivity index (χ2n) is 5.46. The second kappa shape index (κ2) is 3.86. The SMILES string of the molecule is O=C(O)C1(c2ccccc2C2CCCC2)CC1. The monoisotopic (exact) mass is 230 g/mol. The van der Waals surface area contributed by atoms with Gasteiger partial charge in [0.2, 0.25) is 0 Å². The zero-order valence-corrected chi connectivity index (χ0v) is 9.98. The smallest absolute Gasteiger partial charge is 0.314 e. The number of benzene rings is 1. The van der Waals surface area contributed by atoms with Gasteiger partial charge in [-0.15, -0.1) is 0 Å². The molecule has 2 fully saturated rings. The molecule has 1 aromatic carbocycles. The van der Waals surface area contributed by atoms with Gasteiger partial charge in [-0.3, -0.25) is 4.79 Å². The molecule has 0 unspecified atom stereocenters. The number of carboxylic acids is 1. The Morgan fingerprint density at radius 2 is 1.82 bits per heavy atom. The fourth-order valence-corrected chi connectivity index (χ4v) is 3.25. The zero-order chi connectivity index (χ0) is 11.9. The van der Waals surface area contributed by atoms with Gasteiger partial charge in [-0.2, -0.15) is 0 Å². The first-order chi connectivity index (χ1) is 8.24. The Morgan fingerprint density at radius 1 is 1.18 bits per heavy atom. The highest BCUT2D eigenvalue weighted by Crippen LogP contribution is 2.52. The van der Waals surface area contributed by atoms with Crippen LogP contribution in [0, 0.1) is 0 Å². The Labute approximate surface area is 102 Å². The molecule has 2 aliphatic carbocycles. The van der Waals surface area contributed by atoms with Crippen molar-refractivity contribution < 1.29 is 9.90 Å². The average molecular weight is 230 g/mol. The van der Waals surface area contributed by atoms with Gasteiger partial charge in [-0.25, -0.2) is 0 Å². The summed E-state index contributed by atoms with van der Waals surface area (Å²) in [6.07, 6.45) is 6.66. The van der Waals surface area contributed by atoms with Crippen LogP contribution in [0.2, 0.25) is 0 Å². The summed E-state index contributed by atoms with van der Waals surface area (Å²) in [4.78, 5) is 11.5. The minimum atomic E-state index is -0.636. The van der Waals surface area contributed by atoms with Crippen LogP contribution in [0.1, 0.15) is 55.6 Å². The lowest BCUT2D eigenvalue weighted by atomic mass is 9.84. The van der Waals surface area contributed by atoms with Crippen LogP contribution in [0.3, 0.4) is 0 Å². The Morgan fingerprint density at radius 3 is 2.41 bits per heavy atom. The Kier molecular flexibility index (Phi) is 2.46. The topological polar surface area (TPSA) is 37.3 Å². The summed E-state index contributed by atoms with van der Waals surface area (Å²) in [5.74, 6) is -0.0361. The number of carbonyl (C=O) groups is 1. The van der Waals surface area contributed by atoms with Crippen molar-refractivity contribution in [3.8, 4) is 0 Å². The van der Waals surface area contributed by atoms with Gasteiger partial charge in [0.15, 0.2) is 0 Å². The first-order valence-corrected chi connectivity index (χ1v) is 6.57. The van der Waals surface area contributed by atoms with Crippen molar-refractivity contribution in [3.05, 3.63) is 35.4 Å². The van der Waals surface area contributed by atoms with E-state index < -0.39 is 11.4 Å². The predicted octanol–water partition coefficient (Wildman–Crippen LogP) is 3.46. The van der Waals surface area contributed by atoms with Gasteiger partial charge in [-0.05, 0) is 42.7 Å². The van der Waals surface area contributed by atoms with E-state index >= 15 is 0 Å². The van der Waals surface area contributed by atoms with Crippen LogP contribution in [-0.4, -0.2) is 11.1 Å². The number of hydrogen-bond acceptors (Lipinski definition) is 1. The first-order valence-electron chi connectivity index (χ1n) is 6.57. The summed E-state index contributed by atoms with van der Waals surface area (Å²) in [7, 11) is 0. The standard InChI is InChI=1S/C15H18O2/c16-14(17)15(9-10-15)13-8-4-3-7-12(13)11-5-1-2-6-11/h3-4,7-8,11H,1-2,5-6,9-10H2,(H,16,17).